The Morgan fingerprint density at radius 1 is 0.864 bits per heavy atom. The van der Waals surface area contributed by atoms with Crippen molar-refractivity contribution < 1.29 is 23.8 Å². The molecule has 1 heterocycles. The van der Waals surface area contributed by atoms with E-state index in [-0.39, 0.29) is 39.7 Å². The van der Waals surface area contributed by atoms with Gasteiger partial charge in [0.05, 0.1) is 17.6 Å². The lowest BCUT2D eigenvalue weighted by atomic mass is 9.33. The minimum atomic E-state index is -1.10. The van der Waals surface area contributed by atoms with Gasteiger partial charge in [-0.25, -0.2) is 4.39 Å². The lowest BCUT2D eigenvalue weighted by Gasteiger charge is -2.72. The normalized spacial score (nSPS) is 41.0. The standard InChI is InChI=1S/C52H75FN2O4/c1-35(2)38-18-25-52(54-32-43(56)55-30-28-47(5,58)29-31-55)27-26-49(7)40(44(38)52)14-15-42-48(6)21-19-39(46(3,4)41(48)20-22-50(42,49)8)37-16-23-51(34-53,24-17-37)45(57)59-33-36-12-10-9-11-13-36/h9-13,16,19,38,40-42,44,54,58H,1,14-15,17-18,20-34H2,2-8H3/t38-,40?,41-,42+,44+,48-,49+,50+,51-,52-/m0/s1. The highest BCUT2D eigenvalue weighted by atomic mass is 19.1. The van der Waals surface area contributed by atoms with Crippen LogP contribution in [0.5, 0.6) is 0 Å². The molecule has 6 aliphatic carbocycles. The molecule has 324 valence electrons. The molecular weight excluding hydrogens is 736 g/mol. The van der Waals surface area contributed by atoms with Crippen LogP contribution in [0.1, 0.15) is 144 Å². The summed E-state index contributed by atoms with van der Waals surface area (Å²) in [5.41, 5.74) is 3.73. The fourth-order valence-electron chi connectivity index (χ4n) is 15.6. The third-order valence-electron chi connectivity index (χ3n) is 19.3. The van der Waals surface area contributed by atoms with Gasteiger partial charge in [-0.05, 0) is 172 Å². The minimum absolute atomic E-state index is 0.0275. The number of alkyl halides is 1. The van der Waals surface area contributed by atoms with Gasteiger partial charge in [0.2, 0.25) is 5.91 Å². The van der Waals surface area contributed by atoms with Gasteiger partial charge >= 0.3 is 5.97 Å². The monoisotopic (exact) mass is 811 g/mol. The van der Waals surface area contributed by atoms with Crippen LogP contribution in [0, 0.1) is 56.7 Å². The first kappa shape index (κ1) is 42.9. The zero-order chi connectivity index (χ0) is 42.2. The number of hydrogen-bond acceptors (Lipinski definition) is 5. The summed E-state index contributed by atoms with van der Waals surface area (Å²) in [4.78, 5) is 29.0. The number of likely N-dealkylation sites (tertiary alicyclic amines) is 1. The summed E-state index contributed by atoms with van der Waals surface area (Å²) in [6.45, 7) is 22.8. The molecule has 0 radical (unpaired) electrons. The second kappa shape index (κ2) is 15.2. The second-order valence-electron chi connectivity index (χ2n) is 22.5. The van der Waals surface area contributed by atoms with E-state index in [9.17, 15) is 19.1 Å². The molecule has 0 spiro atoms. The van der Waals surface area contributed by atoms with Crippen LogP contribution in [-0.2, 0) is 20.9 Å². The summed E-state index contributed by atoms with van der Waals surface area (Å²) in [6, 6.07) is 9.66. The number of esters is 1. The van der Waals surface area contributed by atoms with Crippen molar-refractivity contribution >= 4 is 11.9 Å². The van der Waals surface area contributed by atoms with Crippen LogP contribution in [0.15, 0.2) is 65.8 Å². The zero-order valence-electron chi connectivity index (χ0n) is 37.6. The average Bonchev–Trinajstić information content (AvgIpc) is 3.60. The number of piperidine rings is 1. The summed E-state index contributed by atoms with van der Waals surface area (Å²) in [7, 11) is 0. The molecular formula is C52H75FN2O4. The number of allylic oxidation sites excluding steroid dienone is 5. The Morgan fingerprint density at radius 3 is 2.25 bits per heavy atom. The van der Waals surface area contributed by atoms with Gasteiger partial charge in [-0.15, -0.1) is 0 Å². The van der Waals surface area contributed by atoms with Gasteiger partial charge in [-0.1, -0.05) is 89.3 Å². The van der Waals surface area contributed by atoms with E-state index in [1.807, 2.05) is 42.2 Å². The van der Waals surface area contributed by atoms with Crippen molar-refractivity contribution in [2.45, 2.75) is 156 Å². The third-order valence-corrected chi connectivity index (χ3v) is 19.3. The van der Waals surface area contributed by atoms with Gasteiger partial charge in [0, 0.05) is 18.6 Å². The number of nitrogens with one attached hydrogen (secondary N) is 1. The quantitative estimate of drug-likeness (QED) is 0.192. The Labute approximate surface area is 355 Å². The van der Waals surface area contributed by atoms with Crippen molar-refractivity contribution in [3.8, 4) is 0 Å². The Hall–Kier alpha value is -2.77. The Kier molecular flexibility index (Phi) is 11.1. The number of halogens is 1. The molecule has 0 bridgehead atoms. The molecule has 0 aromatic heterocycles. The molecule has 6 nitrogen and oxygen atoms in total. The van der Waals surface area contributed by atoms with Crippen LogP contribution in [-0.4, -0.2) is 59.3 Å². The van der Waals surface area contributed by atoms with E-state index in [0.29, 0.717) is 81.3 Å². The maximum atomic E-state index is 14.8. The van der Waals surface area contributed by atoms with E-state index >= 15 is 0 Å². The van der Waals surface area contributed by atoms with E-state index in [2.05, 4.69) is 65.6 Å². The number of benzene rings is 1. The number of rotatable bonds is 9. The van der Waals surface area contributed by atoms with Crippen LogP contribution in [0.4, 0.5) is 4.39 Å². The predicted octanol–water partition coefficient (Wildman–Crippen LogP) is 10.7. The molecule has 5 fully saturated rings. The molecule has 10 atom stereocenters. The average molecular weight is 811 g/mol. The van der Waals surface area contributed by atoms with Crippen molar-refractivity contribution in [2.24, 2.45) is 56.7 Å². The van der Waals surface area contributed by atoms with Gasteiger partial charge in [0.25, 0.3) is 0 Å². The largest absolute Gasteiger partial charge is 0.460 e. The number of hydrogen-bond donors (Lipinski definition) is 2. The first-order chi connectivity index (χ1) is 27.8. The first-order valence-electron chi connectivity index (χ1n) is 23.4. The van der Waals surface area contributed by atoms with E-state index in [1.165, 1.54) is 48.8 Å². The number of ether oxygens (including phenoxy) is 1. The maximum Gasteiger partial charge on any atom is 0.315 e. The Morgan fingerprint density at radius 2 is 1.59 bits per heavy atom. The molecule has 1 aromatic rings. The molecule has 8 rings (SSSR count). The van der Waals surface area contributed by atoms with Crippen molar-refractivity contribution in [1.29, 1.82) is 0 Å². The van der Waals surface area contributed by atoms with Crippen molar-refractivity contribution in [1.82, 2.24) is 10.2 Å². The third kappa shape index (κ3) is 6.93. The van der Waals surface area contributed by atoms with Crippen LogP contribution in [0.3, 0.4) is 0 Å². The Bertz CT molecular complexity index is 1860. The van der Waals surface area contributed by atoms with Crippen molar-refractivity contribution in [3.63, 3.8) is 0 Å². The second-order valence-corrected chi connectivity index (χ2v) is 22.5. The number of carbonyl (C=O) groups excluding carboxylic acids is 2. The number of fused-ring (bicyclic) bond motifs is 7. The minimum Gasteiger partial charge on any atom is -0.460 e. The van der Waals surface area contributed by atoms with E-state index < -0.39 is 23.7 Å². The van der Waals surface area contributed by atoms with Crippen LogP contribution in [0.2, 0.25) is 0 Å². The SMILES string of the molecule is C=C(C)[C@@H]1CC[C@]2(NCC(=O)N3CCC(C)(O)CC3)CC[C@]3(C)C(CC[C@@H]4[C@@]5(C)CC=C(C6=CC[C@](CF)(C(=O)OCc7ccccc7)CC6)C(C)(C)[C@@H]5CC[C@]43C)[C@@H]12. The maximum absolute atomic E-state index is 14.8. The number of amides is 1. The zero-order valence-corrected chi connectivity index (χ0v) is 37.6. The molecule has 2 N–H and O–H groups in total. The summed E-state index contributed by atoms with van der Waals surface area (Å²) in [6.07, 6.45) is 18.2. The van der Waals surface area contributed by atoms with Crippen LogP contribution in [0.25, 0.3) is 0 Å². The van der Waals surface area contributed by atoms with Gasteiger partial charge in [0.15, 0.2) is 0 Å². The van der Waals surface area contributed by atoms with E-state index in [1.54, 1.807) is 0 Å². The number of aliphatic hydroxyl groups is 1. The molecule has 1 aromatic carbocycles. The first-order valence-corrected chi connectivity index (χ1v) is 23.4. The summed E-state index contributed by atoms with van der Waals surface area (Å²) < 4.78 is 20.5. The summed E-state index contributed by atoms with van der Waals surface area (Å²) >= 11 is 0. The van der Waals surface area contributed by atoms with E-state index in [0.717, 1.165) is 31.2 Å². The molecule has 7 heteroatoms. The van der Waals surface area contributed by atoms with Crippen molar-refractivity contribution in [3.05, 3.63) is 71.3 Å². The number of nitrogens with zero attached hydrogens (tertiary/aromatic N) is 1. The fraction of sp³-hybridized carbons (Fsp3) is 0.731. The molecule has 59 heavy (non-hydrogen) atoms. The lowest BCUT2D eigenvalue weighted by molar-refractivity contribution is -0.221. The van der Waals surface area contributed by atoms with Gasteiger partial charge in [0.1, 0.15) is 13.3 Å². The van der Waals surface area contributed by atoms with Crippen molar-refractivity contribution in [2.75, 3.05) is 26.3 Å². The van der Waals surface area contributed by atoms with E-state index in [4.69, 9.17) is 4.74 Å². The summed E-state index contributed by atoms with van der Waals surface area (Å²) in [5.74, 6) is 2.47. The predicted molar refractivity (Wildman–Crippen MR) is 234 cm³/mol. The highest BCUT2D eigenvalue weighted by Crippen LogP contribution is 2.76. The highest BCUT2D eigenvalue weighted by Gasteiger charge is 2.70. The topological polar surface area (TPSA) is 78.9 Å². The highest BCUT2D eigenvalue weighted by molar-refractivity contribution is 5.79. The smallest absolute Gasteiger partial charge is 0.315 e. The summed E-state index contributed by atoms with van der Waals surface area (Å²) in [5, 5.41) is 14.5. The lowest BCUT2D eigenvalue weighted by Crippen LogP contribution is -2.68. The van der Waals surface area contributed by atoms with Gasteiger partial charge in [-0.2, -0.15) is 0 Å². The van der Waals surface area contributed by atoms with Crippen LogP contribution >= 0.6 is 0 Å². The Balaban J connectivity index is 1.00. The molecule has 1 amide bonds. The van der Waals surface area contributed by atoms with Gasteiger partial charge < -0.3 is 20.1 Å². The van der Waals surface area contributed by atoms with Crippen LogP contribution < -0.4 is 5.32 Å². The molecule has 1 saturated heterocycles. The van der Waals surface area contributed by atoms with Gasteiger partial charge in [-0.3, -0.25) is 9.59 Å². The number of carbonyl (C=O) groups is 2. The molecule has 1 unspecified atom stereocenters. The molecule has 7 aliphatic rings. The molecule has 1 aliphatic heterocycles. The molecule has 4 saturated carbocycles. The fourth-order valence-corrected chi connectivity index (χ4v) is 15.6.